The number of carbonyl (C=O) groups is 2. The summed E-state index contributed by atoms with van der Waals surface area (Å²) in [6.07, 6.45) is 0. The molecule has 0 aliphatic heterocycles. The Hall–Kier alpha value is -2.09. The molecule has 0 aromatic heterocycles. The van der Waals surface area contributed by atoms with E-state index in [2.05, 4.69) is 0 Å². The van der Waals surface area contributed by atoms with E-state index in [1.54, 1.807) is 30.3 Å². The molecular weight excluding hydrogens is 259 g/mol. The first-order chi connectivity index (χ1) is 8.61. The van der Waals surface area contributed by atoms with Gasteiger partial charge in [0.05, 0.1) is 11.1 Å². The number of hydrogen-bond acceptors (Lipinski definition) is 2. The summed E-state index contributed by atoms with van der Waals surface area (Å²) in [6.45, 7) is 0. The number of rotatable bonds is 3. The fourth-order valence-electron chi connectivity index (χ4n) is 1.82. The summed E-state index contributed by atoms with van der Waals surface area (Å²) in [6, 6.07) is 13.3. The van der Waals surface area contributed by atoms with E-state index in [1.165, 1.54) is 12.1 Å². The lowest BCUT2D eigenvalue weighted by Crippen LogP contribution is -2.09. The van der Waals surface area contributed by atoms with E-state index >= 15 is 0 Å². The fraction of sp³-hybridized carbons (Fsp3) is 0. The van der Waals surface area contributed by atoms with Crippen molar-refractivity contribution in [1.82, 2.24) is 0 Å². The monoisotopic (exact) mass is 272 g/mol. The van der Waals surface area contributed by atoms with Gasteiger partial charge in [0.15, 0.2) is 17.4 Å². The van der Waals surface area contributed by atoms with Gasteiger partial charge in [0.1, 0.15) is 0 Å². The summed E-state index contributed by atoms with van der Waals surface area (Å²) in [7, 11) is 0. The first-order valence-electron chi connectivity index (χ1n) is 5.26. The highest BCUT2D eigenvalue weighted by atomic mass is 27.0. The van der Waals surface area contributed by atoms with Gasteiger partial charge in [-0.1, -0.05) is 42.5 Å². The van der Waals surface area contributed by atoms with Crippen LogP contribution in [0.1, 0.15) is 20.7 Å². The summed E-state index contributed by atoms with van der Waals surface area (Å²) in [5, 5.41) is 18.2. The van der Waals surface area contributed by atoms with E-state index in [1.807, 2.05) is 6.07 Å². The zero-order valence-corrected chi connectivity index (χ0v) is 9.33. The Morgan fingerprint density at radius 3 is 1.95 bits per heavy atom. The number of carboxylic acids is 2. The zero-order valence-electron chi connectivity index (χ0n) is 9.33. The molecule has 0 saturated carbocycles. The summed E-state index contributed by atoms with van der Waals surface area (Å²) < 4.78 is 0. The Kier molecular flexibility index (Phi) is 4.88. The van der Waals surface area contributed by atoms with Gasteiger partial charge in [0.2, 0.25) is 0 Å². The number of aromatic carboxylic acids is 2. The molecule has 0 heterocycles. The van der Waals surface area contributed by atoms with E-state index in [-0.39, 0.29) is 28.5 Å². The van der Waals surface area contributed by atoms with Crippen LogP contribution in [0.5, 0.6) is 0 Å². The summed E-state index contributed by atoms with van der Waals surface area (Å²) in [4.78, 5) is 22.3. The van der Waals surface area contributed by atoms with Crippen molar-refractivity contribution in [2.24, 2.45) is 0 Å². The predicted molar refractivity (Wildman–Crippen MR) is 75.7 cm³/mol. The number of benzene rings is 2. The third-order valence-electron chi connectivity index (χ3n) is 2.59. The van der Waals surface area contributed by atoms with Gasteiger partial charge in [-0.2, -0.15) is 0 Å². The normalized spacial score (nSPS) is 9.47. The minimum absolute atomic E-state index is 0. The summed E-state index contributed by atoms with van der Waals surface area (Å²) in [5.41, 5.74) is 0.695. The Morgan fingerprint density at radius 2 is 1.42 bits per heavy atom. The second-order valence-corrected chi connectivity index (χ2v) is 3.70. The maximum Gasteiger partial charge on any atom is 0.337 e. The fourth-order valence-corrected chi connectivity index (χ4v) is 1.82. The first-order valence-corrected chi connectivity index (χ1v) is 5.26. The van der Waals surface area contributed by atoms with E-state index in [4.69, 9.17) is 5.11 Å². The highest BCUT2D eigenvalue weighted by Gasteiger charge is 2.20. The SMILES string of the molecule is O=C(O)c1cccc(-c2ccccc2)c1C(=O)O.[AlH3]. The van der Waals surface area contributed by atoms with Crippen LogP contribution in [0.15, 0.2) is 48.5 Å². The molecule has 0 bridgehead atoms. The van der Waals surface area contributed by atoms with E-state index in [0.29, 0.717) is 11.1 Å². The van der Waals surface area contributed by atoms with Gasteiger partial charge in [-0.3, -0.25) is 0 Å². The molecule has 0 saturated heterocycles. The molecule has 2 rings (SSSR count). The molecule has 5 heteroatoms. The molecule has 0 amide bonds. The second kappa shape index (κ2) is 6.19. The average molecular weight is 272 g/mol. The van der Waals surface area contributed by atoms with Crippen molar-refractivity contribution in [2.75, 3.05) is 0 Å². The van der Waals surface area contributed by atoms with Gasteiger partial charge in [0.25, 0.3) is 0 Å². The molecule has 0 aliphatic rings. The maximum atomic E-state index is 11.3. The minimum Gasteiger partial charge on any atom is -0.478 e. The largest absolute Gasteiger partial charge is 0.478 e. The van der Waals surface area contributed by atoms with Gasteiger partial charge < -0.3 is 10.2 Å². The Bertz CT molecular complexity index is 608. The predicted octanol–water partition coefficient (Wildman–Crippen LogP) is 1.57. The van der Waals surface area contributed by atoms with Crippen LogP contribution >= 0.6 is 0 Å². The second-order valence-electron chi connectivity index (χ2n) is 3.70. The van der Waals surface area contributed by atoms with Gasteiger partial charge in [0, 0.05) is 0 Å². The van der Waals surface area contributed by atoms with Crippen molar-refractivity contribution in [3.63, 3.8) is 0 Å². The van der Waals surface area contributed by atoms with Crippen molar-refractivity contribution in [3.05, 3.63) is 59.7 Å². The van der Waals surface area contributed by atoms with E-state index in [9.17, 15) is 14.7 Å². The molecular formula is C14H13AlO4. The number of hydrogen-bond donors (Lipinski definition) is 2. The molecule has 19 heavy (non-hydrogen) atoms. The summed E-state index contributed by atoms with van der Waals surface area (Å²) in [5.74, 6) is -2.49. The molecule has 96 valence electrons. The Labute approximate surface area is 120 Å². The van der Waals surface area contributed by atoms with E-state index < -0.39 is 11.9 Å². The van der Waals surface area contributed by atoms with Crippen molar-refractivity contribution in [1.29, 1.82) is 0 Å². The van der Waals surface area contributed by atoms with Gasteiger partial charge in [-0.15, -0.1) is 0 Å². The molecule has 4 nitrogen and oxygen atoms in total. The first kappa shape index (κ1) is 15.0. The van der Waals surface area contributed by atoms with Crippen LogP contribution in [0.3, 0.4) is 0 Å². The third-order valence-corrected chi connectivity index (χ3v) is 2.59. The van der Waals surface area contributed by atoms with E-state index in [0.717, 1.165) is 0 Å². The van der Waals surface area contributed by atoms with Gasteiger partial charge in [-0.25, -0.2) is 9.59 Å². The molecule has 2 aromatic carbocycles. The van der Waals surface area contributed by atoms with Crippen LogP contribution in [0.4, 0.5) is 0 Å². The van der Waals surface area contributed by atoms with Crippen molar-refractivity contribution in [3.8, 4) is 11.1 Å². The van der Waals surface area contributed by atoms with Crippen LogP contribution in [0.25, 0.3) is 11.1 Å². The average Bonchev–Trinajstić information content (AvgIpc) is 2.38. The minimum atomic E-state index is -1.25. The third kappa shape index (κ3) is 3.02. The molecule has 0 aliphatic carbocycles. The number of carboxylic acid groups (broad SMARTS) is 2. The standard InChI is InChI=1S/C14H10O4.Al.3H/c15-13(16)11-8-4-7-10(12(11)14(17)18)9-5-2-1-3-6-9;;;;/h1-8H,(H,15,16)(H,17,18);;;;. The molecule has 0 fully saturated rings. The topological polar surface area (TPSA) is 74.6 Å². The lowest BCUT2D eigenvalue weighted by Gasteiger charge is -2.08. The Balaban J connectivity index is 0.00000180. The van der Waals surface area contributed by atoms with Crippen molar-refractivity contribution >= 4 is 29.3 Å². The highest BCUT2D eigenvalue weighted by Crippen LogP contribution is 2.26. The van der Waals surface area contributed by atoms with Crippen LogP contribution in [-0.4, -0.2) is 39.5 Å². The van der Waals surface area contributed by atoms with Gasteiger partial charge >= 0.3 is 11.9 Å². The molecule has 0 atom stereocenters. The van der Waals surface area contributed by atoms with Crippen LogP contribution in [0, 0.1) is 0 Å². The lowest BCUT2D eigenvalue weighted by atomic mass is 9.95. The van der Waals surface area contributed by atoms with Crippen LogP contribution < -0.4 is 0 Å². The molecule has 0 spiro atoms. The summed E-state index contributed by atoms with van der Waals surface area (Å²) >= 11 is 0. The van der Waals surface area contributed by atoms with Crippen molar-refractivity contribution in [2.45, 2.75) is 0 Å². The molecule has 0 unspecified atom stereocenters. The van der Waals surface area contributed by atoms with Crippen LogP contribution in [-0.2, 0) is 0 Å². The molecule has 0 radical (unpaired) electrons. The molecule has 2 aromatic rings. The quantitative estimate of drug-likeness (QED) is 0.832. The van der Waals surface area contributed by atoms with Crippen molar-refractivity contribution < 1.29 is 19.8 Å². The van der Waals surface area contributed by atoms with Gasteiger partial charge in [-0.05, 0) is 17.2 Å². The zero-order chi connectivity index (χ0) is 13.1. The lowest BCUT2D eigenvalue weighted by molar-refractivity contribution is 0.0652. The van der Waals surface area contributed by atoms with Crippen LogP contribution in [0.2, 0.25) is 0 Å². The molecule has 2 N–H and O–H groups in total. The smallest absolute Gasteiger partial charge is 0.337 e. The maximum absolute atomic E-state index is 11.3. The highest BCUT2D eigenvalue weighted by molar-refractivity contribution is 6.06. The Morgan fingerprint density at radius 1 is 0.789 bits per heavy atom.